The maximum Gasteiger partial charge on any atom is 0.0709 e. The Morgan fingerprint density at radius 3 is 2.76 bits per heavy atom. The quantitative estimate of drug-likeness (QED) is 0.758. The monoisotopic (exact) mass is 343 g/mol. The molecule has 2 heterocycles. The number of rotatable bonds is 5. The van der Waals surface area contributed by atoms with Crippen LogP contribution >= 0.6 is 15.9 Å². The zero-order valence-electron chi connectivity index (χ0n) is 12.0. The molecule has 0 bridgehead atoms. The molecule has 3 nitrogen and oxygen atoms in total. The van der Waals surface area contributed by atoms with Gasteiger partial charge in [0.05, 0.1) is 11.7 Å². The number of benzene rings is 1. The van der Waals surface area contributed by atoms with Crippen molar-refractivity contribution in [3.8, 4) is 0 Å². The number of nitrogens with zero attached hydrogens (tertiary/aromatic N) is 2. The molecule has 0 amide bonds. The molecule has 0 saturated heterocycles. The first-order valence-electron chi connectivity index (χ1n) is 7.18. The molecule has 1 atom stereocenters. The minimum atomic E-state index is 0.274. The number of likely N-dealkylation sites (N-methyl/N-ethyl adjacent to an activating group) is 1. The molecule has 3 rings (SSSR count). The summed E-state index contributed by atoms with van der Waals surface area (Å²) in [6, 6.07) is 15.0. The van der Waals surface area contributed by atoms with Gasteiger partial charge in [0.1, 0.15) is 0 Å². The summed E-state index contributed by atoms with van der Waals surface area (Å²) in [6.45, 7) is 3.08. The molecule has 0 aliphatic carbocycles. The standard InChI is InChI=1S/C17H18BrN3/c1-2-19-16(11-13-6-8-14(18)9-7-13)15-12-20-21-10-4-3-5-17(15)21/h3-10,12,16,19H,2,11H2,1H3. The molecule has 1 N–H and O–H groups in total. The molecule has 0 aliphatic heterocycles. The van der Waals surface area contributed by atoms with E-state index in [1.54, 1.807) is 0 Å². The highest BCUT2D eigenvalue weighted by atomic mass is 79.9. The van der Waals surface area contributed by atoms with E-state index in [-0.39, 0.29) is 6.04 Å². The first-order valence-corrected chi connectivity index (χ1v) is 7.97. The van der Waals surface area contributed by atoms with Gasteiger partial charge < -0.3 is 5.32 Å². The summed E-state index contributed by atoms with van der Waals surface area (Å²) in [7, 11) is 0. The van der Waals surface area contributed by atoms with E-state index in [0.717, 1.165) is 17.4 Å². The van der Waals surface area contributed by atoms with Crippen LogP contribution in [0, 0.1) is 0 Å². The van der Waals surface area contributed by atoms with Crippen LogP contribution in [-0.2, 0) is 6.42 Å². The summed E-state index contributed by atoms with van der Waals surface area (Å²) >= 11 is 3.48. The molecule has 0 saturated carbocycles. The van der Waals surface area contributed by atoms with Crippen molar-refractivity contribution >= 4 is 21.4 Å². The highest BCUT2D eigenvalue weighted by Gasteiger charge is 2.15. The van der Waals surface area contributed by atoms with Crippen LogP contribution in [0.1, 0.15) is 24.1 Å². The summed E-state index contributed by atoms with van der Waals surface area (Å²) in [5, 5.41) is 8.02. The average Bonchev–Trinajstić information content (AvgIpc) is 2.93. The second-order valence-corrected chi connectivity index (χ2v) is 5.99. The molecular formula is C17H18BrN3. The highest BCUT2D eigenvalue weighted by Crippen LogP contribution is 2.23. The van der Waals surface area contributed by atoms with Crippen molar-refractivity contribution in [3.63, 3.8) is 0 Å². The number of fused-ring (bicyclic) bond motifs is 1. The number of nitrogens with one attached hydrogen (secondary N) is 1. The van der Waals surface area contributed by atoms with Crippen molar-refractivity contribution in [2.45, 2.75) is 19.4 Å². The normalized spacial score (nSPS) is 12.7. The Morgan fingerprint density at radius 2 is 2.00 bits per heavy atom. The molecule has 0 fully saturated rings. The van der Waals surface area contributed by atoms with E-state index in [4.69, 9.17) is 0 Å². The Bertz CT molecular complexity index is 718. The van der Waals surface area contributed by atoms with Crippen LogP contribution in [0.25, 0.3) is 5.52 Å². The second-order valence-electron chi connectivity index (χ2n) is 5.07. The largest absolute Gasteiger partial charge is 0.310 e. The number of aromatic nitrogens is 2. The Morgan fingerprint density at radius 1 is 1.19 bits per heavy atom. The molecule has 21 heavy (non-hydrogen) atoms. The summed E-state index contributed by atoms with van der Waals surface area (Å²) in [6.07, 6.45) is 4.92. The lowest BCUT2D eigenvalue weighted by atomic mass is 10.00. The maximum atomic E-state index is 4.45. The maximum absolute atomic E-state index is 4.45. The fraction of sp³-hybridized carbons (Fsp3) is 0.235. The number of halogens is 1. The molecule has 1 aromatic carbocycles. The SMILES string of the molecule is CCNC(Cc1ccc(Br)cc1)c1cnn2ccccc12. The van der Waals surface area contributed by atoms with E-state index >= 15 is 0 Å². The smallest absolute Gasteiger partial charge is 0.0709 e. The Hall–Kier alpha value is -1.65. The minimum absolute atomic E-state index is 0.274. The third kappa shape index (κ3) is 3.17. The van der Waals surface area contributed by atoms with Crippen LogP contribution in [-0.4, -0.2) is 16.2 Å². The third-order valence-electron chi connectivity index (χ3n) is 3.64. The molecule has 0 aliphatic rings. The van der Waals surface area contributed by atoms with Crippen molar-refractivity contribution in [2.24, 2.45) is 0 Å². The lowest BCUT2D eigenvalue weighted by Gasteiger charge is -2.17. The summed E-state index contributed by atoms with van der Waals surface area (Å²) in [5.74, 6) is 0. The summed E-state index contributed by atoms with van der Waals surface area (Å²) in [5.41, 5.74) is 3.74. The Balaban J connectivity index is 1.92. The van der Waals surface area contributed by atoms with Crippen LogP contribution in [0.5, 0.6) is 0 Å². The van der Waals surface area contributed by atoms with Crippen molar-refractivity contribution < 1.29 is 0 Å². The fourth-order valence-electron chi connectivity index (χ4n) is 2.62. The van der Waals surface area contributed by atoms with E-state index in [9.17, 15) is 0 Å². The second kappa shape index (κ2) is 6.41. The van der Waals surface area contributed by atoms with Gasteiger partial charge in [-0.25, -0.2) is 4.52 Å². The van der Waals surface area contributed by atoms with E-state index < -0.39 is 0 Å². The number of hydrogen-bond acceptors (Lipinski definition) is 2. The average molecular weight is 344 g/mol. The van der Waals surface area contributed by atoms with E-state index in [2.05, 4.69) is 69.7 Å². The van der Waals surface area contributed by atoms with Crippen molar-refractivity contribution in [1.29, 1.82) is 0 Å². The summed E-state index contributed by atoms with van der Waals surface area (Å²) < 4.78 is 3.04. The third-order valence-corrected chi connectivity index (χ3v) is 4.16. The first kappa shape index (κ1) is 14.3. The van der Waals surface area contributed by atoms with Gasteiger partial charge in [-0.1, -0.05) is 41.1 Å². The van der Waals surface area contributed by atoms with Gasteiger partial charge in [0.2, 0.25) is 0 Å². The van der Waals surface area contributed by atoms with Crippen LogP contribution in [0.2, 0.25) is 0 Å². The molecule has 4 heteroatoms. The molecule has 108 valence electrons. The molecule has 1 unspecified atom stereocenters. The zero-order chi connectivity index (χ0) is 14.7. The van der Waals surface area contributed by atoms with Gasteiger partial charge in [0, 0.05) is 22.3 Å². The van der Waals surface area contributed by atoms with Gasteiger partial charge in [-0.15, -0.1) is 0 Å². The zero-order valence-corrected chi connectivity index (χ0v) is 13.5. The predicted octanol–water partition coefficient (Wildman–Crippen LogP) is 3.99. The highest BCUT2D eigenvalue weighted by molar-refractivity contribution is 9.10. The van der Waals surface area contributed by atoms with Gasteiger partial charge in [0.15, 0.2) is 0 Å². The van der Waals surface area contributed by atoms with Crippen LogP contribution in [0.4, 0.5) is 0 Å². The Labute approximate surface area is 133 Å². The van der Waals surface area contributed by atoms with Gasteiger partial charge in [0.25, 0.3) is 0 Å². The summed E-state index contributed by atoms with van der Waals surface area (Å²) in [4.78, 5) is 0. The molecule has 0 spiro atoms. The van der Waals surface area contributed by atoms with Crippen molar-refractivity contribution in [1.82, 2.24) is 14.9 Å². The predicted molar refractivity (Wildman–Crippen MR) is 89.5 cm³/mol. The van der Waals surface area contributed by atoms with Gasteiger partial charge >= 0.3 is 0 Å². The lowest BCUT2D eigenvalue weighted by molar-refractivity contribution is 0.553. The van der Waals surface area contributed by atoms with Crippen LogP contribution in [0.15, 0.2) is 59.3 Å². The minimum Gasteiger partial charge on any atom is -0.310 e. The lowest BCUT2D eigenvalue weighted by Crippen LogP contribution is -2.22. The van der Waals surface area contributed by atoms with Gasteiger partial charge in [-0.05, 0) is 42.8 Å². The van der Waals surface area contributed by atoms with Gasteiger partial charge in [-0.2, -0.15) is 5.10 Å². The number of pyridine rings is 1. The molecule has 2 aromatic heterocycles. The van der Waals surface area contributed by atoms with Crippen molar-refractivity contribution in [3.05, 3.63) is 70.5 Å². The molecule has 0 radical (unpaired) electrons. The Kier molecular flexibility index (Phi) is 4.36. The van der Waals surface area contributed by atoms with Crippen LogP contribution in [0.3, 0.4) is 0 Å². The topological polar surface area (TPSA) is 29.3 Å². The van der Waals surface area contributed by atoms with Crippen molar-refractivity contribution in [2.75, 3.05) is 6.54 Å². The fourth-order valence-corrected chi connectivity index (χ4v) is 2.88. The van der Waals surface area contributed by atoms with Crippen LogP contribution < -0.4 is 5.32 Å². The number of hydrogen-bond donors (Lipinski definition) is 1. The first-order chi connectivity index (χ1) is 10.3. The van der Waals surface area contributed by atoms with E-state index in [1.807, 2.05) is 23.0 Å². The van der Waals surface area contributed by atoms with E-state index in [0.29, 0.717) is 0 Å². The van der Waals surface area contributed by atoms with Gasteiger partial charge in [-0.3, -0.25) is 0 Å². The molecule has 3 aromatic rings. The molecular weight excluding hydrogens is 326 g/mol. The van der Waals surface area contributed by atoms with E-state index in [1.165, 1.54) is 16.6 Å².